The molecule has 0 unspecified atom stereocenters. The van der Waals surface area contributed by atoms with Gasteiger partial charge in [0.15, 0.2) is 0 Å². The SMILES string of the molecule is C[C@@H](CCNC(=O)[C@@H]1CCCN(S(C)(=O)=O)C1)N1CCCC1. The first-order valence-electron chi connectivity index (χ1n) is 8.35. The average molecular weight is 331 g/mol. The van der Waals surface area contributed by atoms with Crippen LogP contribution in [0.5, 0.6) is 0 Å². The summed E-state index contributed by atoms with van der Waals surface area (Å²) < 4.78 is 24.6. The largest absolute Gasteiger partial charge is 0.356 e. The number of carbonyl (C=O) groups excluding carboxylic acids is 1. The highest BCUT2D eigenvalue weighted by atomic mass is 32.2. The van der Waals surface area contributed by atoms with Crippen LogP contribution in [0.15, 0.2) is 0 Å². The van der Waals surface area contributed by atoms with E-state index in [-0.39, 0.29) is 11.8 Å². The summed E-state index contributed by atoms with van der Waals surface area (Å²) >= 11 is 0. The molecular weight excluding hydrogens is 302 g/mol. The lowest BCUT2D eigenvalue weighted by Crippen LogP contribution is -2.45. The van der Waals surface area contributed by atoms with Crippen LogP contribution < -0.4 is 5.32 Å². The second kappa shape index (κ2) is 7.75. The molecule has 22 heavy (non-hydrogen) atoms. The highest BCUT2D eigenvalue weighted by Crippen LogP contribution is 2.19. The van der Waals surface area contributed by atoms with Gasteiger partial charge in [-0.25, -0.2) is 12.7 Å². The van der Waals surface area contributed by atoms with Crippen molar-refractivity contribution in [3.05, 3.63) is 0 Å². The van der Waals surface area contributed by atoms with Gasteiger partial charge in [-0.05, 0) is 52.1 Å². The second-order valence-corrected chi connectivity index (χ2v) is 8.61. The van der Waals surface area contributed by atoms with Crippen LogP contribution in [-0.4, -0.2) is 68.6 Å². The molecule has 2 fully saturated rings. The molecule has 0 spiro atoms. The molecule has 1 N–H and O–H groups in total. The molecule has 2 atom stereocenters. The van der Waals surface area contributed by atoms with E-state index in [1.165, 1.54) is 36.5 Å². The molecule has 0 bridgehead atoms. The number of amides is 1. The first-order chi connectivity index (χ1) is 10.4. The lowest BCUT2D eigenvalue weighted by molar-refractivity contribution is -0.126. The molecule has 2 saturated heterocycles. The Morgan fingerprint density at radius 1 is 1.23 bits per heavy atom. The first kappa shape index (κ1) is 17.7. The zero-order valence-corrected chi connectivity index (χ0v) is 14.6. The molecule has 128 valence electrons. The van der Waals surface area contributed by atoms with Gasteiger partial charge >= 0.3 is 0 Å². The normalized spacial score (nSPS) is 26.0. The van der Waals surface area contributed by atoms with Crippen LogP contribution in [0, 0.1) is 5.92 Å². The molecule has 0 radical (unpaired) electrons. The topological polar surface area (TPSA) is 69.7 Å². The van der Waals surface area contributed by atoms with E-state index in [4.69, 9.17) is 0 Å². The molecule has 7 heteroatoms. The van der Waals surface area contributed by atoms with Gasteiger partial charge in [-0.3, -0.25) is 4.79 Å². The van der Waals surface area contributed by atoms with E-state index in [1.54, 1.807) is 0 Å². The Bertz CT molecular complexity index is 474. The predicted octanol–water partition coefficient (Wildman–Crippen LogP) is 0.649. The molecule has 0 aromatic carbocycles. The molecule has 6 nitrogen and oxygen atoms in total. The highest BCUT2D eigenvalue weighted by molar-refractivity contribution is 7.88. The van der Waals surface area contributed by atoms with Crippen molar-refractivity contribution in [1.82, 2.24) is 14.5 Å². The van der Waals surface area contributed by atoms with E-state index in [2.05, 4.69) is 17.1 Å². The van der Waals surface area contributed by atoms with E-state index in [0.717, 1.165) is 19.3 Å². The zero-order valence-electron chi connectivity index (χ0n) is 13.8. The van der Waals surface area contributed by atoms with Crippen molar-refractivity contribution in [3.8, 4) is 0 Å². The zero-order chi connectivity index (χ0) is 16.2. The van der Waals surface area contributed by atoms with Crippen molar-refractivity contribution in [2.75, 3.05) is 39.0 Å². The number of nitrogens with one attached hydrogen (secondary N) is 1. The van der Waals surface area contributed by atoms with Gasteiger partial charge in [0.2, 0.25) is 15.9 Å². The summed E-state index contributed by atoms with van der Waals surface area (Å²) in [6.45, 7) is 6.08. The Balaban J connectivity index is 1.72. The standard InChI is InChI=1S/C15H29N3O3S/c1-13(17-9-3-4-10-17)7-8-16-15(19)14-6-5-11-18(12-14)22(2,20)21/h13-14H,3-12H2,1-2H3,(H,16,19)/t13-,14+/m0/s1. The maximum Gasteiger partial charge on any atom is 0.224 e. The van der Waals surface area contributed by atoms with Crippen LogP contribution in [0.1, 0.15) is 39.0 Å². The summed E-state index contributed by atoms with van der Waals surface area (Å²) in [7, 11) is -3.19. The smallest absolute Gasteiger partial charge is 0.224 e. The van der Waals surface area contributed by atoms with Crippen LogP contribution in [-0.2, 0) is 14.8 Å². The maximum atomic E-state index is 12.2. The number of rotatable bonds is 6. The van der Waals surface area contributed by atoms with Crippen molar-refractivity contribution in [2.24, 2.45) is 5.92 Å². The van der Waals surface area contributed by atoms with Gasteiger partial charge in [-0.2, -0.15) is 0 Å². The van der Waals surface area contributed by atoms with Crippen molar-refractivity contribution < 1.29 is 13.2 Å². The summed E-state index contributed by atoms with van der Waals surface area (Å²) in [4.78, 5) is 14.7. The molecule has 0 aliphatic carbocycles. The van der Waals surface area contributed by atoms with Crippen molar-refractivity contribution in [3.63, 3.8) is 0 Å². The van der Waals surface area contributed by atoms with Gasteiger partial charge in [0.25, 0.3) is 0 Å². The average Bonchev–Trinajstić information content (AvgIpc) is 3.00. The highest BCUT2D eigenvalue weighted by Gasteiger charge is 2.30. The van der Waals surface area contributed by atoms with Crippen LogP contribution >= 0.6 is 0 Å². The summed E-state index contributed by atoms with van der Waals surface area (Å²) in [5.41, 5.74) is 0. The van der Waals surface area contributed by atoms with Crippen LogP contribution in [0.25, 0.3) is 0 Å². The molecule has 2 heterocycles. The van der Waals surface area contributed by atoms with Crippen LogP contribution in [0.3, 0.4) is 0 Å². The minimum absolute atomic E-state index is 0.00183. The predicted molar refractivity (Wildman–Crippen MR) is 87.0 cm³/mol. The van der Waals surface area contributed by atoms with E-state index in [0.29, 0.717) is 25.7 Å². The quantitative estimate of drug-likeness (QED) is 0.776. The first-order valence-corrected chi connectivity index (χ1v) is 10.2. The summed E-state index contributed by atoms with van der Waals surface area (Å²) in [5, 5.41) is 2.99. The third kappa shape index (κ3) is 4.93. The van der Waals surface area contributed by atoms with Crippen molar-refractivity contribution in [1.29, 1.82) is 0 Å². The maximum absolute atomic E-state index is 12.2. The van der Waals surface area contributed by atoms with Crippen LogP contribution in [0.2, 0.25) is 0 Å². The molecule has 0 aromatic rings. The Kier molecular flexibility index (Phi) is 6.23. The van der Waals surface area contributed by atoms with Gasteiger partial charge < -0.3 is 10.2 Å². The third-order valence-corrected chi connectivity index (χ3v) is 6.12. The molecule has 0 saturated carbocycles. The molecular formula is C15H29N3O3S. The van der Waals surface area contributed by atoms with Gasteiger partial charge in [0.1, 0.15) is 0 Å². The molecule has 2 aliphatic rings. The molecule has 2 rings (SSSR count). The monoisotopic (exact) mass is 331 g/mol. The fourth-order valence-electron chi connectivity index (χ4n) is 3.37. The number of carbonyl (C=O) groups is 1. The number of piperidine rings is 1. The second-order valence-electron chi connectivity index (χ2n) is 6.63. The van der Waals surface area contributed by atoms with E-state index < -0.39 is 10.0 Å². The Morgan fingerprint density at radius 2 is 1.91 bits per heavy atom. The Labute approximate surface area is 134 Å². The van der Waals surface area contributed by atoms with Crippen molar-refractivity contribution >= 4 is 15.9 Å². The van der Waals surface area contributed by atoms with E-state index >= 15 is 0 Å². The number of hydrogen-bond donors (Lipinski definition) is 1. The van der Waals surface area contributed by atoms with Gasteiger partial charge in [0, 0.05) is 25.7 Å². The summed E-state index contributed by atoms with van der Waals surface area (Å²) in [5.74, 6) is -0.201. The van der Waals surface area contributed by atoms with Crippen molar-refractivity contribution in [2.45, 2.75) is 45.1 Å². The summed E-state index contributed by atoms with van der Waals surface area (Å²) in [6.07, 6.45) is 6.26. The molecule has 1 amide bonds. The number of nitrogens with zero attached hydrogens (tertiary/aromatic N) is 2. The van der Waals surface area contributed by atoms with Gasteiger partial charge in [-0.1, -0.05) is 0 Å². The van der Waals surface area contributed by atoms with Crippen LogP contribution in [0.4, 0.5) is 0 Å². The van der Waals surface area contributed by atoms with Gasteiger partial charge in [-0.15, -0.1) is 0 Å². The fraction of sp³-hybridized carbons (Fsp3) is 0.933. The lowest BCUT2D eigenvalue weighted by atomic mass is 9.99. The number of likely N-dealkylation sites (tertiary alicyclic amines) is 1. The number of hydrogen-bond acceptors (Lipinski definition) is 4. The number of sulfonamides is 1. The summed E-state index contributed by atoms with van der Waals surface area (Å²) in [6, 6.07) is 0.502. The minimum Gasteiger partial charge on any atom is -0.356 e. The Morgan fingerprint density at radius 3 is 2.55 bits per heavy atom. The lowest BCUT2D eigenvalue weighted by Gasteiger charge is -2.30. The van der Waals surface area contributed by atoms with Gasteiger partial charge in [0.05, 0.1) is 12.2 Å². The Hall–Kier alpha value is -0.660. The molecule has 2 aliphatic heterocycles. The molecule has 0 aromatic heterocycles. The third-order valence-electron chi connectivity index (χ3n) is 4.85. The fourth-order valence-corrected chi connectivity index (χ4v) is 4.28. The van der Waals surface area contributed by atoms with E-state index in [1.807, 2.05) is 0 Å². The van der Waals surface area contributed by atoms with E-state index in [9.17, 15) is 13.2 Å². The minimum atomic E-state index is -3.19.